The molecule has 31 heavy (non-hydrogen) atoms. The summed E-state index contributed by atoms with van der Waals surface area (Å²) in [5, 5.41) is 19.6. The number of nitrogens with zero attached hydrogens (tertiary/aromatic N) is 1. The molecule has 0 heterocycles. The highest BCUT2D eigenvalue weighted by Crippen LogP contribution is 2.28. The molecule has 1 aliphatic rings. The van der Waals surface area contributed by atoms with Crippen LogP contribution in [0.3, 0.4) is 0 Å². The largest absolute Gasteiger partial charge is 0.481 e. The zero-order valence-electron chi connectivity index (χ0n) is 18.8. The summed E-state index contributed by atoms with van der Waals surface area (Å²) in [5.41, 5.74) is 9.47. The van der Waals surface area contributed by atoms with E-state index in [1.807, 2.05) is 24.4 Å². The number of nitrogens with two attached hydrogens (primary N) is 1. The summed E-state index contributed by atoms with van der Waals surface area (Å²) in [6, 6.07) is 6.35. The van der Waals surface area contributed by atoms with Crippen LogP contribution in [0.15, 0.2) is 35.5 Å². The number of hydrogen-bond acceptors (Lipinski definition) is 4. The Morgan fingerprint density at radius 1 is 1.23 bits per heavy atom. The van der Waals surface area contributed by atoms with Gasteiger partial charge in [0, 0.05) is 24.4 Å². The van der Waals surface area contributed by atoms with Crippen molar-refractivity contribution in [2.45, 2.75) is 89.7 Å². The minimum absolute atomic E-state index is 0.0652. The van der Waals surface area contributed by atoms with Crippen molar-refractivity contribution in [1.82, 2.24) is 0 Å². The number of hydrogen-bond donors (Lipinski definition) is 3. The number of carboxylic acid groups (broad SMARTS) is 1. The minimum atomic E-state index is -0.835. The third-order valence-electron chi connectivity index (χ3n) is 5.57. The van der Waals surface area contributed by atoms with E-state index in [0.717, 1.165) is 47.9 Å². The van der Waals surface area contributed by atoms with Gasteiger partial charge in [-0.15, -0.1) is 0 Å². The second kappa shape index (κ2) is 13.8. The predicted molar refractivity (Wildman–Crippen MR) is 129 cm³/mol. The van der Waals surface area contributed by atoms with Crippen molar-refractivity contribution >= 4 is 23.8 Å². The fraction of sp³-hybridized carbons (Fsp3) is 0.538. The van der Waals surface area contributed by atoms with E-state index in [2.05, 4.69) is 24.1 Å². The molecule has 0 radical (unpaired) electrons. The summed E-state index contributed by atoms with van der Waals surface area (Å²) in [7, 11) is 0. The van der Waals surface area contributed by atoms with E-state index in [1.54, 1.807) is 6.20 Å². The Labute approximate surface area is 186 Å². The van der Waals surface area contributed by atoms with Gasteiger partial charge in [0.05, 0.1) is 12.1 Å². The van der Waals surface area contributed by atoms with E-state index in [4.69, 9.17) is 10.8 Å². The van der Waals surface area contributed by atoms with Crippen LogP contribution < -0.4 is 5.73 Å². The van der Waals surface area contributed by atoms with Crippen molar-refractivity contribution in [1.29, 1.82) is 0 Å². The van der Waals surface area contributed by atoms with Gasteiger partial charge in [0.25, 0.3) is 0 Å². The molecule has 1 fully saturated rings. The van der Waals surface area contributed by atoms with E-state index in [9.17, 15) is 9.90 Å². The number of carboxylic acids is 1. The van der Waals surface area contributed by atoms with E-state index >= 15 is 0 Å². The average Bonchev–Trinajstić information content (AvgIpc) is 3.58. The van der Waals surface area contributed by atoms with Gasteiger partial charge >= 0.3 is 5.97 Å². The summed E-state index contributed by atoms with van der Waals surface area (Å²) in [6.07, 6.45) is 17.4. The molecule has 5 heteroatoms. The van der Waals surface area contributed by atoms with Crippen molar-refractivity contribution in [2.75, 3.05) is 0 Å². The summed E-state index contributed by atoms with van der Waals surface area (Å²) < 4.78 is 0. The Kier molecular flexibility index (Phi) is 11.1. The highest BCUT2D eigenvalue weighted by atomic mass is 16.4. The Bertz CT molecular complexity index is 779. The van der Waals surface area contributed by atoms with Crippen LogP contribution in [0.1, 0.15) is 100 Å². The maximum absolute atomic E-state index is 10.8. The van der Waals surface area contributed by atoms with Gasteiger partial charge in [-0.3, -0.25) is 9.79 Å². The molecule has 1 saturated carbocycles. The molecule has 1 aromatic carbocycles. The summed E-state index contributed by atoms with van der Waals surface area (Å²) in [6.45, 7) is 2.22. The first-order valence-electron chi connectivity index (χ1n) is 11.7. The lowest BCUT2D eigenvalue weighted by molar-refractivity contribution is -0.137. The zero-order chi connectivity index (χ0) is 22.5. The number of aliphatic hydroxyl groups excluding tert-OH is 1. The number of aliphatic hydroxyl groups is 1. The van der Waals surface area contributed by atoms with E-state index in [-0.39, 0.29) is 6.42 Å². The second-order valence-corrected chi connectivity index (χ2v) is 8.38. The first kappa shape index (κ1) is 24.9. The lowest BCUT2D eigenvalue weighted by Crippen LogP contribution is -2.03. The first-order chi connectivity index (χ1) is 15.0. The Balaban J connectivity index is 2.13. The predicted octanol–water partition coefficient (Wildman–Crippen LogP) is 5.88. The highest BCUT2D eigenvalue weighted by Gasteiger charge is 2.19. The number of carbonyl (C=O) groups is 1. The minimum Gasteiger partial charge on any atom is -0.481 e. The van der Waals surface area contributed by atoms with Crippen LogP contribution >= 0.6 is 0 Å². The van der Waals surface area contributed by atoms with Gasteiger partial charge in [0.2, 0.25) is 0 Å². The molecule has 0 spiro atoms. The second-order valence-electron chi connectivity index (χ2n) is 8.38. The number of unbranched alkanes of at least 4 members (excludes halogenated alkanes) is 5. The lowest BCUT2D eigenvalue weighted by Gasteiger charge is -2.15. The smallest absolute Gasteiger partial charge is 0.303 e. The highest BCUT2D eigenvalue weighted by molar-refractivity contribution is 6.09. The van der Waals surface area contributed by atoms with Crippen LogP contribution in [0.25, 0.3) is 11.6 Å². The fourth-order valence-electron chi connectivity index (χ4n) is 3.50. The monoisotopic (exact) mass is 426 g/mol. The molecule has 1 atom stereocenters. The van der Waals surface area contributed by atoms with Gasteiger partial charge in [-0.1, -0.05) is 56.9 Å². The molecule has 0 bridgehead atoms. The molecule has 1 aliphatic carbocycles. The quantitative estimate of drug-likeness (QED) is 0.241. The van der Waals surface area contributed by atoms with Gasteiger partial charge in [-0.25, -0.2) is 0 Å². The number of aliphatic carboxylic acids is 1. The number of allylic oxidation sites excluding steroid dienone is 2. The van der Waals surface area contributed by atoms with Crippen molar-refractivity contribution in [2.24, 2.45) is 10.7 Å². The van der Waals surface area contributed by atoms with Crippen LogP contribution in [0.2, 0.25) is 0 Å². The molecular weight excluding hydrogens is 388 g/mol. The van der Waals surface area contributed by atoms with Crippen LogP contribution in [0.4, 0.5) is 0 Å². The Hall–Kier alpha value is -2.40. The molecule has 0 saturated heterocycles. The fourth-order valence-corrected chi connectivity index (χ4v) is 3.50. The summed E-state index contributed by atoms with van der Waals surface area (Å²) >= 11 is 0. The van der Waals surface area contributed by atoms with Crippen LogP contribution in [-0.4, -0.2) is 28.4 Å². The topological polar surface area (TPSA) is 95.9 Å². The van der Waals surface area contributed by atoms with Crippen molar-refractivity contribution in [3.8, 4) is 0 Å². The average molecular weight is 427 g/mol. The zero-order valence-corrected chi connectivity index (χ0v) is 18.8. The Morgan fingerprint density at radius 2 is 2.00 bits per heavy atom. The van der Waals surface area contributed by atoms with Gasteiger partial charge in [0.1, 0.15) is 0 Å². The normalized spacial score (nSPS) is 15.7. The maximum atomic E-state index is 10.8. The molecule has 0 aromatic heterocycles. The van der Waals surface area contributed by atoms with Crippen LogP contribution in [0, 0.1) is 0 Å². The van der Waals surface area contributed by atoms with Gasteiger partial charge in [-0.2, -0.15) is 0 Å². The van der Waals surface area contributed by atoms with Gasteiger partial charge < -0.3 is 15.9 Å². The lowest BCUT2D eigenvalue weighted by atomic mass is 9.94. The van der Waals surface area contributed by atoms with Crippen molar-refractivity contribution in [3.05, 3.63) is 47.2 Å². The van der Waals surface area contributed by atoms with Crippen LogP contribution in [0.5, 0.6) is 0 Å². The van der Waals surface area contributed by atoms with Crippen LogP contribution in [-0.2, 0) is 4.79 Å². The Morgan fingerprint density at radius 3 is 2.68 bits per heavy atom. The first-order valence-corrected chi connectivity index (χ1v) is 11.7. The van der Waals surface area contributed by atoms with Gasteiger partial charge in [-0.05, 0) is 61.3 Å². The van der Waals surface area contributed by atoms with E-state index in [0.29, 0.717) is 18.9 Å². The number of rotatable bonds is 15. The molecule has 4 N–H and O–H groups in total. The van der Waals surface area contributed by atoms with E-state index < -0.39 is 12.1 Å². The number of aliphatic imine (C=N–C) groups is 1. The SMILES string of the molecule is CCCCCCC/C=C/c1cc(/C(C=NC2CC2)=C/N)ccc1C(O)CCCC(=O)O. The third kappa shape index (κ3) is 9.52. The molecule has 1 aromatic rings. The van der Waals surface area contributed by atoms with Crippen molar-refractivity contribution in [3.63, 3.8) is 0 Å². The maximum Gasteiger partial charge on any atom is 0.303 e. The molecule has 1 unspecified atom stereocenters. The molecule has 0 amide bonds. The molecule has 170 valence electrons. The molecular formula is C26H38N2O3. The summed E-state index contributed by atoms with van der Waals surface area (Å²) in [5.74, 6) is -0.835. The molecule has 5 nitrogen and oxygen atoms in total. The van der Waals surface area contributed by atoms with E-state index in [1.165, 1.54) is 25.7 Å². The summed E-state index contributed by atoms with van der Waals surface area (Å²) in [4.78, 5) is 15.3. The van der Waals surface area contributed by atoms with Gasteiger partial charge in [0.15, 0.2) is 0 Å². The molecule has 2 rings (SSSR count). The standard InChI is InChI=1S/C26H38N2O3/c1-2-3-4-5-6-7-8-10-21-17-20(22(18-27)19-28-23-14-15-23)13-16-24(21)25(29)11-9-12-26(30)31/h8,10,13,16-19,23,25,29H,2-7,9,11-12,14-15,27H2,1H3,(H,30,31)/b10-8+,22-18+,28-19?. The molecule has 0 aliphatic heterocycles. The van der Waals surface area contributed by atoms with Crippen molar-refractivity contribution < 1.29 is 15.0 Å². The third-order valence-corrected chi connectivity index (χ3v) is 5.57. The number of benzene rings is 1.